The van der Waals surface area contributed by atoms with Crippen LogP contribution in [0.15, 0.2) is 34.3 Å². The number of rotatable bonds is 3. The van der Waals surface area contributed by atoms with Crippen molar-refractivity contribution in [3.63, 3.8) is 0 Å². The van der Waals surface area contributed by atoms with Crippen LogP contribution in [0, 0.1) is 18.6 Å². The summed E-state index contributed by atoms with van der Waals surface area (Å²) in [6, 6.07) is 0.775. The van der Waals surface area contributed by atoms with Crippen LogP contribution in [-0.2, 0) is 0 Å². The van der Waals surface area contributed by atoms with Gasteiger partial charge in [0.25, 0.3) is 0 Å². The zero-order valence-corrected chi connectivity index (χ0v) is 11.1. The third-order valence-electron chi connectivity index (χ3n) is 2.13. The minimum absolute atomic E-state index is 0.110. The van der Waals surface area contributed by atoms with Gasteiger partial charge < -0.3 is 0 Å². The Morgan fingerprint density at radius 3 is 2.61 bits per heavy atom. The summed E-state index contributed by atoms with van der Waals surface area (Å²) in [5, 5.41) is 0.549. The topological polar surface area (TPSA) is 25.2 Å². The molecular weight excluding hydrogens is 258 g/mol. The van der Waals surface area contributed by atoms with E-state index in [4.69, 9.17) is 11.6 Å². The number of aliphatic imine (C=N–C) groups is 1. The van der Waals surface area contributed by atoms with Gasteiger partial charge in [-0.25, -0.2) is 18.8 Å². The summed E-state index contributed by atoms with van der Waals surface area (Å²) in [5.74, 6) is -1.60. The summed E-state index contributed by atoms with van der Waals surface area (Å²) in [6.07, 6.45) is 4.98. The highest BCUT2D eigenvalue weighted by atomic mass is 35.5. The molecule has 1 aromatic heterocycles. The molecule has 0 atom stereocenters. The standard InChI is InChI=1S/C13H13ClF2N2/c1-4-10(14)6-5-8(2)17-13-12(16)7-11(15)9(3)18-13/h4-7H,1-3H3/b6-5-,10-4+,17-8+. The highest BCUT2D eigenvalue weighted by molar-refractivity contribution is 6.31. The molecule has 0 radical (unpaired) electrons. The van der Waals surface area contributed by atoms with Crippen molar-refractivity contribution in [2.24, 2.45) is 4.99 Å². The minimum Gasteiger partial charge on any atom is -0.231 e. The van der Waals surface area contributed by atoms with Crippen molar-refractivity contribution >= 4 is 23.1 Å². The zero-order chi connectivity index (χ0) is 13.7. The monoisotopic (exact) mass is 270 g/mol. The molecule has 2 nitrogen and oxygen atoms in total. The Morgan fingerprint density at radius 2 is 2.00 bits per heavy atom. The number of hydrogen-bond acceptors (Lipinski definition) is 2. The molecule has 0 aliphatic heterocycles. The Morgan fingerprint density at radius 1 is 1.33 bits per heavy atom. The van der Waals surface area contributed by atoms with Crippen molar-refractivity contribution in [2.75, 3.05) is 0 Å². The number of aryl methyl sites for hydroxylation is 1. The van der Waals surface area contributed by atoms with Gasteiger partial charge in [0.05, 0.1) is 5.69 Å². The zero-order valence-electron chi connectivity index (χ0n) is 10.3. The summed E-state index contributed by atoms with van der Waals surface area (Å²) in [5.41, 5.74) is 0.630. The fourth-order valence-electron chi connectivity index (χ4n) is 1.13. The molecule has 0 fully saturated rings. The number of hydrogen-bond donors (Lipinski definition) is 0. The van der Waals surface area contributed by atoms with Crippen molar-refractivity contribution in [3.8, 4) is 0 Å². The molecule has 0 saturated heterocycles. The predicted molar refractivity (Wildman–Crippen MR) is 70.4 cm³/mol. The maximum atomic E-state index is 13.4. The normalized spacial score (nSPS) is 13.4. The molecule has 0 aliphatic carbocycles. The van der Waals surface area contributed by atoms with E-state index in [9.17, 15) is 8.78 Å². The van der Waals surface area contributed by atoms with E-state index in [-0.39, 0.29) is 11.5 Å². The smallest absolute Gasteiger partial charge is 0.189 e. The first-order valence-corrected chi connectivity index (χ1v) is 5.69. The summed E-state index contributed by atoms with van der Waals surface area (Å²) >= 11 is 5.77. The van der Waals surface area contributed by atoms with Gasteiger partial charge in [0.2, 0.25) is 0 Å². The van der Waals surface area contributed by atoms with E-state index in [2.05, 4.69) is 9.98 Å². The molecule has 0 spiro atoms. The van der Waals surface area contributed by atoms with E-state index in [0.717, 1.165) is 6.07 Å². The highest BCUT2D eigenvalue weighted by Gasteiger charge is 2.07. The van der Waals surface area contributed by atoms with Crippen LogP contribution in [0.5, 0.6) is 0 Å². The van der Waals surface area contributed by atoms with Gasteiger partial charge in [0.15, 0.2) is 11.6 Å². The van der Waals surface area contributed by atoms with Crippen LogP contribution in [0.25, 0.3) is 0 Å². The van der Waals surface area contributed by atoms with Crippen LogP contribution in [-0.4, -0.2) is 10.7 Å². The number of halogens is 3. The summed E-state index contributed by atoms with van der Waals surface area (Å²) in [6.45, 7) is 4.93. The maximum Gasteiger partial charge on any atom is 0.189 e. The fourth-order valence-corrected chi connectivity index (χ4v) is 1.19. The third-order valence-corrected chi connectivity index (χ3v) is 2.47. The SMILES string of the molecule is C\C=C(Cl)/C=C\C(C)=N\c1nc(C)c(F)cc1F. The molecule has 1 heterocycles. The summed E-state index contributed by atoms with van der Waals surface area (Å²) in [7, 11) is 0. The Labute approximate surface area is 110 Å². The molecule has 0 N–H and O–H groups in total. The van der Waals surface area contributed by atoms with Crippen LogP contribution in [0.1, 0.15) is 19.5 Å². The number of nitrogens with zero attached hydrogens (tertiary/aromatic N) is 2. The van der Waals surface area contributed by atoms with Crippen LogP contribution in [0.4, 0.5) is 14.6 Å². The summed E-state index contributed by atoms with van der Waals surface area (Å²) < 4.78 is 26.4. The van der Waals surface area contributed by atoms with E-state index < -0.39 is 11.6 Å². The van der Waals surface area contributed by atoms with Crippen molar-refractivity contribution in [2.45, 2.75) is 20.8 Å². The van der Waals surface area contributed by atoms with E-state index in [1.165, 1.54) is 6.92 Å². The molecule has 0 unspecified atom stereocenters. The second kappa shape index (κ2) is 6.40. The number of allylic oxidation sites excluding steroid dienone is 4. The highest BCUT2D eigenvalue weighted by Crippen LogP contribution is 2.18. The molecule has 1 rings (SSSR count). The lowest BCUT2D eigenvalue weighted by Crippen LogP contribution is -1.93. The Hall–Kier alpha value is -1.55. The molecule has 5 heteroatoms. The summed E-state index contributed by atoms with van der Waals surface area (Å²) in [4.78, 5) is 7.70. The van der Waals surface area contributed by atoms with Gasteiger partial charge in [-0.15, -0.1) is 0 Å². The molecule has 1 aromatic rings. The third kappa shape index (κ3) is 4.04. The average Bonchev–Trinajstić information content (AvgIpc) is 2.33. The van der Waals surface area contributed by atoms with Gasteiger partial charge in [-0.1, -0.05) is 17.7 Å². The second-order valence-electron chi connectivity index (χ2n) is 3.62. The van der Waals surface area contributed by atoms with Crippen LogP contribution < -0.4 is 0 Å². The van der Waals surface area contributed by atoms with Crippen LogP contribution in [0.2, 0.25) is 0 Å². The van der Waals surface area contributed by atoms with Crippen molar-refractivity contribution in [3.05, 3.63) is 46.7 Å². The van der Waals surface area contributed by atoms with Gasteiger partial charge in [0, 0.05) is 16.8 Å². The fraction of sp³-hybridized carbons (Fsp3) is 0.231. The quantitative estimate of drug-likeness (QED) is 0.588. The van der Waals surface area contributed by atoms with Crippen molar-refractivity contribution in [1.29, 1.82) is 0 Å². The number of aromatic nitrogens is 1. The van der Waals surface area contributed by atoms with Gasteiger partial charge in [-0.2, -0.15) is 0 Å². The molecule has 0 saturated carbocycles. The molecule has 0 aromatic carbocycles. The maximum absolute atomic E-state index is 13.4. The van der Waals surface area contributed by atoms with E-state index in [1.54, 1.807) is 32.1 Å². The van der Waals surface area contributed by atoms with E-state index in [1.807, 2.05) is 0 Å². The molecule has 18 heavy (non-hydrogen) atoms. The van der Waals surface area contributed by atoms with Gasteiger partial charge in [-0.05, 0) is 32.9 Å². The van der Waals surface area contributed by atoms with Gasteiger partial charge >= 0.3 is 0 Å². The van der Waals surface area contributed by atoms with Crippen LogP contribution >= 0.6 is 11.6 Å². The lowest BCUT2D eigenvalue weighted by atomic mass is 10.3. The largest absolute Gasteiger partial charge is 0.231 e. The van der Waals surface area contributed by atoms with E-state index >= 15 is 0 Å². The first-order chi connectivity index (χ1) is 8.43. The average molecular weight is 271 g/mol. The Balaban J connectivity index is 3.02. The Kier molecular flexibility index (Phi) is 5.16. The number of pyridine rings is 1. The van der Waals surface area contributed by atoms with Gasteiger partial charge in [-0.3, -0.25) is 0 Å². The van der Waals surface area contributed by atoms with Gasteiger partial charge in [0.1, 0.15) is 5.82 Å². The van der Waals surface area contributed by atoms with Crippen molar-refractivity contribution < 1.29 is 8.78 Å². The second-order valence-corrected chi connectivity index (χ2v) is 4.06. The van der Waals surface area contributed by atoms with E-state index in [0.29, 0.717) is 10.7 Å². The lowest BCUT2D eigenvalue weighted by molar-refractivity contribution is 0.567. The molecule has 0 aliphatic rings. The lowest BCUT2D eigenvalue weighted by Gasteiger charge is -2.00. The molecular formula is C13H13ClF2N2. The molecule has 96 valence electrons. The van der Waals surface area contributed by atoms with Crippen LogP contribution in [0.3, 0.4) is 0 Å². The minimum atomic E-state index is -0.789. The first kappa shape index (κ1) is 14.5. The molecule has 0 bridgehead atoms. The molecule has 0 amide bonds. The predicted octanol–water partition coefficient (Wildman–Crippen LogP) is 4.46. The van der Waals surface area contributed by atoms with Crippen molar-refractivity contribution in [1.82, 2.24) is 4.98 Å². The first-order valence-electron chi connectivity index (χ1n) is 5.32. The Bertz CT molecular complexity index is 534.